The molecule has 2 heterocycles. The molecule has 3 aromatic rings. The molecule has 2 aromatic carbocycles. The number of aryl methyl sites for hydroxylation is 1. The lowest BCUT2D eigenvalue weighted by Crippen LogP contribution is -3.12. The van der Waals surface area contributed by atoms with E-state index in [0.29, 0.717) is 18.7 Å². The Bertz CT molecular complexity index is 1040. The average molecular weight is 368 g/mol. The molecule has 0 saturated carbocycles. The number of benzene rings is 2. The highest BCUT2D eigenvalue weighted by Crippen LogP contribution is 2.30. The van der Waals surface area contributed by atoms with E-state index in [-0.39, 0.29) is 11.4 Å². The second-order valence-corrected chi connectivity index (χ2v) is 7.11. The van der Waals surface area contributed by atoms with Gasteiger partial charge in [0.05, 0.1) is 12.1 Å². The van der Waals surface area contributed by atoms with Crippen LogP contribution in [0, 0.1) is 12.7 Å². The lowest BCUT2D eigenvalue weighted by molar-refractivity contribution is -0.932. The molecule has 0 aliphatic carbocycles. The molecule has 1 aliphatic rings. The molecule has 0 spiro atoms. The zero-order valence-corrected chi connectivity index (χ0v) is 15.6. The van der Waals surface area contributed by atoms with Gasteiger partial charge >= 0.3 is 5.63 Å². The summed E-state index contributed by atoms with van der Waals surface area (Å²) in [6.45, 7) is 6.11. The van der Waals surface area contributed by atoms with Crippen molar-refractivity contribution in [3.05, 3.63) is 74.9 Å². The zero-order chi connectivity index (χ0) is 19.0. The van der Waals surface area contributed by atoms with Gasteiger partial charge in [0.25, 0.3) is 0 Å². The Morgan fingerprint density at radius 3 is 2.67 bits per heavy atom. The summed E-state index contributed by atoms with van der Waals surface area (Å²) >= 11 is 0. The lowest BCUT2D eigenvalue weighted by Gasteiger charge is -2.26. The number of nitrogens with one attached hydrogen (secondary N) is 1. The molecule has 0 amide bonds. The zero-order valence-electron chi connectivity index (χ0n) is 15.6. The molecule has 27 heavy (non-hydrogen) atoms. The number of hydrogen-bond acceptors (Lipinski definition) is 3. The van der Waals surface area contributed by atoms with Crippen LogP contribution in [0.5, 0.6) is 5.75 Å². The maximum absolute atomic E-state index is 13.1. The van der Waals surface area contributed by atoms with Gasteiger partial charge in [-0.05, 0) is 48.7 Å². The molecule has 1 aliphatic heterocycles. The van der Waals surface area contributed by atoms with Crippen molar-refractivity contribution in [1.29, 1.82) is 0 Å². The van der Waals surface area contributed by atoms with Crippen molar-refractivity contribution in [1.82, 2.24) is 0 Å². The third-order valence-electron chi connectivity index (χ3n) is 5.41. The first-order valence-corrected chi connectivity index (χ1v) is 9.35. The van der Waals surface area contributed by atoms with Crippen molar-refractivity contribution in [2.45, 2.75) is 33.2 Å². The van der Waals surface area contributed by atoms with Gasteiger partial charge in [0.15, 0.2) is 5.58 Å². The summed E-state index contributed by atoms with van der Waals surface area (Å²) in [6.07, 6.45) is 1.49. The van der Waals surface area contributed by atoms with Crippen molar-refractivity contribution in [3.8, 4) is 5.75 Å². The van der Waals surface area contributed by atoms with Gasteiger partial charge in [-0.15, -0.1) is 0 Å². The van der Waals surface area contributed by atoms with Crippen LogP contribution < -0.4 is 15.3 Å². The Kier molecular flexibility index (Phi) is 4.70. The van der Waals surface area contributed by atoms with Crippen LogP contribution in [0.1, 0.15) is 29.2 Å². The van der Waals surface area contributed by atoms with Gasteiger partial charge in [0.2, 0.25) is 6.73 Å². The van der Waals surface area contributed by atoms with E-state index in [4.69, 9.17) is 9.15 Å². The Morgan fingerprint density at radius 2 is 1.93 bits per heavy atom. The van der Waals surface area contributed by atoms with Gasteiger partial charge in [-0.3, -0.25) is 4.90 Å². The number of hydrogen-bond donors (Lipinski definition) is 1. The summed E-state index contributed by atoms with van der Waals surface area (Å²) in [6, 6.07) is 10.6. The quantitative estimate of drug-likeness (QED) is 0.720. The van der Waals surface area contributed by atoms with E-state index in [1.165, 1.54) is 17.0 Å². The molecule has 4 rings (SSSR count). The van der Waals surface area contributed by atoms with Crippen LogP contribution in [0.3, 0.4) is 0 Å². The normalized spacial score (nSPS) is 16.2. The van der Waals surface area contributed by atoms with Crippen LogP contribution in [0.25, 0.3) is 11.0 Å². The van der Waals surface area contributed by atoms with E-state index in [1.807, 2.05) is 38.1 Å². The number of ether oxygens (including phenoxy) is 1. The molecule has 0 fully saturated rings. The molecule has 1 aromatic heterocycles. The second kappa shape index (κ2) is 7.16. The van der Waals surface area contributed by atoms with Gasteiger partial charge in [-0.1, -0.05) is 19.1 Å². The molecule has 1 N–H and O–H groups in total. The Hall–Kier alpha value is -2.66. The minimum absolute atomic E-state index is 0.218. The molecule has 1 unspecified atom stereocenters. The van der Waals surface area contributed by atoms with E-state index in [1.54, 1.807) is 0 Å². The predicted molar refractivity (Wildman–Crippen MR) is 102 cm³/mol. The van der Waals surface area contributed by atoms with Crippen LogP contribution in [0.4, 0.5) is 4.39 Å². The molecule has 0 bridgehead atoms. The fraction of sp³-hybridized carbons (Fsp3) is 0.318. The summed E-state index contributed by atoms with van der Waals surface area (Å²) in [5.41, 5.74) is 4.17. The third kappa shape index (κ3) is 3.35. The van der Waals surface area contributed by atoms with Crippen LogP contribution in [-0.4, -0.2) is 13.3 Å². The van der Waals surface area contributed by atoms with E-state index in [0.717, 1.165) is 52.9 Å². The Balaban J connectivity index is 1.62. The molecular weight excluding hydrogens is 345 g/mol. The predicted octanol–water partition coefficient (Wildman–Crippen LogP) is 2.78. The van der Waals surface area contributed by atoms with Crippen molar-refractivity contribution >= 4 is 11.0 Å². The SMILES string of the molecule is CCc1c(C)c2ccc3c(c2oc1=O)C[NH+](CCc1ccc(F)cc1)CO3. The molecule has 1 atom stereocenters. The summed E-state index contributed by atoms with van der Waals surface area (Å²) in [5.74, 6) is 0.574. The smallest absolute Gasteiger partial charge is 0.339 e. The Labute approximate surface area is 157 Å². The monoisotopic (exact) mass is 368 g/mol. The maximum Gasteiger partial charge on any atom is 0.339 e. The van der Waals surface area contributed by atoms with E-state index >= 15 is 0 Å². The van der Waals surface area contributed by atoms with Crippen LogP contribution in [0.15, 0.2) is 45.6 Å². The maximum atomic E-state index is 13.1. The van der Waals surface area contributed by atoms with Gasteiger partial charge in [-0.2, -0.15) is 0 Å². The number of halogens is 1. The fourth-order valence-electron chi connectivity index (χ4n) is 3.82. The highest BCUT2D eigenvalue weighted by atomic mass is 19.1. The van der Waals surface area contributed by atoms with Gasteiger partial charge in [0, 0.05) is 17.4 Å². The second-order valence-electron chi connectivity index (χ2n) is 7.11. The van der Waals surface area contributed by atoms with Crippen LogP contribution >= 0.6 is 0 Å². The minimum atomic E-state index is -0.255. The van der Waals surface area contributed by atoms with Crippen molar-refractivity contribution in [2.75, 3.05) is 13.3 Å². The molecule has 140 valence electrons. The van der Waals surface area contributed by atoms with Gasteiger partial charge < -0.3 is 9.15 Å². The highest BCUT2D eigenvalue weighted by molar-refractivity contribution is 5.85. The number of fused-ring (bicyclic) bond motifs is 3. The van der Waals surface area contributed by atoms with Crippen LogP contribution in [-0.2, 0) is 19.4 Å². The van der Waals surface area contributed by atoms with Crippen molar-refractivity contribution in [2.24, 2.45) is 0 Å². The first-order chi connectivity index (χ1) is 13.1. The topological polar surface area (TPSA) is 43.9 Å². The summed E-state index contributed by atoms with van der Waals surface area (Å²) in [4.78, 5) is 13.6. The van der Waals surface area contributed by atoms with Crippen molar-refractivity contribution in [3.63, 3.8) is 0 Å². The number of quaternary nitrogens is 1. The van der Waals surface area contributed by atoms with Gasteiger partial charge in [0.1, 0.15) is 18.1 Å². The summed E-state index contributed by atoms with van der Waals surface area (Å²) in [5, 5.41) is 0.980. The first-order valence-electron chi connectivity index (χ1n) is 9.35. The molecular formula is C22H23FNO3+. The molecule has 5 heteroatoms. The van der Waals surface area contributed by atoms with Gasteiger partial charge in [-0.25, -0.2) is 9.18 Å². The fourth-order valence-corrected chi connectivity index (χ4v) is 3.82. The number of rotatable bonds is 4. The third-order valence-corrected chi connectivity index (χ3v) is 5.41. The van der Waals surface area contributed by atoms with E-state index < -0.39 is 0 Å². The summed E-state index contributed by atoms with van der Waals surface area (Å²) < 4.78 is 24.7. The largest absolute Gasteiger partial charge is 0.445 e. The molecule has 0 radical (unpaired) electrons. The van der Waals surface area contributed by atoms with E-state index in [2.05, 4.69) is 0 Å². The lowest BCUT2D eigenvalue weighted by atomic mass is 10.0. The Morgan fingerprint density at radius 1 is 1.15 bits per heavy atom. The molecule has 0 saturated heterocycles. The highest BCUT2D eigenvalue weighted by Gasteiger charge is 2.25. The van der Waals surface area contributed by atoms with E-state index in [9.17, 15) is 9.18 Å². The minimum Gasteiger partial charge on any atom is -0.445 e. The average Bonchev–Trinajstić information content (AvgIpc) is 2.67. The van der Waals surface area contributed by atoms with Crippen molar-refractivity contribution < 1.29 is 18.4 Å². The standard InChI is InChI=1S/C22H22FNO3/c1-3-17-14(2)18-8-9-20-19(21(18)27-22(17)25)12-24(13-26-20)11-10-15-4-6-16(23)7-5-15/h4-9H,3,10-13H2,1-2H3/p+1. The summed E-state index contributed by atoms with van der Waals surface area (Å²) in [7, 11) is 0. The van der Waals surface area contributed by atoms with Crippen LogP contribution in [0.2, 0.25) is 0 Å². The molecule has 4 nitrogen and oxygen atoms in total. The first kappa shape index (κ1) is 17.7.